The van der Waals surface area contributed by atoms with E-state index in [1.165, 1.54) is 24.0 Å². The molecule has 2 aromatic carbocycles. The third-order valence-corrected chi connectivity index (χ3v) is 4.39. The van der Waals surface area contributed by atoms with E-state index in [2.05, 4.69) is 32.5 Å². The van der Waals surface area contributed by atoms with Gasteiger partial charge in [-0.05, 0) is 17.7 Å². The van der Waals surface area contributed by atoms with Gasteiger partial charge in [0.1, 0.15) is 29.4 Å². The van der Waals surface area contributed by atoms with Crippen molar-refractivity contribution < 1.29 is 9.50 Å². The molecule has 0 amide bonds. The van der Waals surface area contributed by atoms with Crippen molar-refractivity contribution in [2.24, 2.45) is 0 Å². The van der Waals surface area contributed by atoms with Crippen LogP contribution in [0.4, 0.5) is 10.2 Å². The summed E-state index contributed by atoms with van der Waals surface area (Å²) in [5, 5.41) is 18.2. The average Bonchev–Trinajstić information content (AvgIpc) is 3.05. The van der Waals surface area contributed by atoms with Crippen LogP contribution in [0, 0.1) is 5.82 Å². The summed E-state index contributed by atoms with van der Waals surface area (Å²) in [4.78, 5) is 8.32. The van der Waals surface area contributed by atoms with E-state index in [1.54, 1.807) is 4.68 Å². The molecule has 0 atom stereocenters. The lowest BCUT2D eigenvalue weighted by Crippen LogP contribution is -2.20. The van der Waals surface area contributed by atoms with E-state index < -0.39 is 5.82 Å². The lowest BCUT2D eigenvalue weighted by Gasteiger charge is -2.06. The number of nitrogens with two attached hydrogens (primary N) is 1. The van der Waals surface area contributed by atoms with E-state index in [4.69, 9.17) is 5.73 Å². The lowest BCUT2D eigenvalue weighted by atomic mass is 10.1. The van der Waals surface area contributed by atoms with E-state index in [0.717, 1.165) is 12.6 Å². The van der Waals surface area contributed by atoms with Crippen LogP contribution in [-0.4, -0.2) is 31.4 Å². The monoisotopic (exact) mass is 378 g/mol. The van der Waals surface area contributed by atoms with Gasteiger partial charge in [-0.3, -0.25) is 0 Å². The molecular weight excluding hydrogens is 359 g/mol. The maximum absolute atomic E-state index is 13.8. The fourth-order valence-electron chi connectivity index (χ4n) is 3.11. The summed E-state index contributed by atoms with van der Waals surface area (Å²) < 4.78 is 15.5. The molecule has 0 unspecified atom stereocenters. The Balaban J connectivity index is 1.61. The number of nitrogens with zero attached hydrogens (tertiary/aromatic N) is 4. The van der Waals surface area contributed by atoms with Gasteiger partial charge in [0.2, 0.25) is 0 Å². The van der Waals surface area contributed by atoms with Gasteiger partial charge in [-0.1, -0.05) is 30.3 Å². The van der Waals surface area contributed by atoms with Crippen molar-refractivity contribution in [3.8, 4) is 17.0 Å². The zero-order valence-electron chi connectivity index (χ0n) is 15.0. The fraction of sp³-hybridized carbons (Fsp3) is 0.150. The maximum Gasteiger partial charge on any atom is 0.164 e. The molecule has 0 aliphatic heterocycles. The summed E-state index contributed by atoms with van der Waals surface area (Å²) in [6.45, 7) is 1.94. The van der Waals surface area contributed by atoms with Crippen molar-refractivity contribution in [1.82, 2.24) is 25.1 Å². The number of phenols is 1. The molecule has 0 saturated carbocycles. The molecule has 0 spiro atoms. The number of hydrogen-bond donors (Lipinski definition) is 3. The molecular formula is C20H19FN6O. The van der Waals surface area contributed by atoms with Crippen molar-refractivity contribution in [3.05, 3.63) is 66.2 Å². The number of nitrogens with one attached hydrogen (secondary N) is 1. The Bertz CT molecular complexity index is 1090. The van der Waals surface area contributed by atoms with Gasteiger partial charge >= 0.3 is 0 Å². The smallest absolute Gasteiger partial charge is 0.164 e. The number of fused-ring (bicyclic) bond motifs is 1. The third-order valence-electron chi connectivity index (χ3n) is 4.39. The topological polar surface area (TPSA) is 102 Å². The second-order valence-corrected chi connectivity index (χ2v) is 6.39. The molecule has 2 aromatic heterocycles. The minimum absolute atomic E-state index is 0.183. The molecule has 142 valence electrons. The predicted octanol–water partition coefficient (Wildman–Crippen LogP) is 2.71. The van der Waals surface area contributed by atoms with Gasteiger partial charge in [0.05, 0.1) is 11.9 Å². The molecule has 2 heterocycles. The van der Waals surface area contributed by atoms with Gasteiger partial charge < -0.3 is 16.2 Å². The van der Waals surface area contributed by atoms with E-state index in [9.17, 15) is 9.50 Å². The number of halogens is 1. The number of phenolic OH excluding ortho intramolecular Hbond substituents is 1. The van der Waals surface area contributed by atoms with E-state index in [-0.39, 0.29) is 11.6 Å². The molecule has 0 saturated heterocycles. The van der Waals surface area contributed by atoms with Crippen LogP contribution in [0.3, 0.4) is 0 Å². The molecule has 0 aliphatic rings. The van der Waals surface area contributed by atoms with Gasteiger partial charge in [0, 0.05) is 24.7 Å². The first-order valence-electron chi connectivity index (χ1n) is 8.83. The molecule has 0 radical (unpaired) electrons. The number of rotatable bonds is 6. The van der Waals surface area contributed by atoms with Gasteiger partial charge in [-0.2, -0.15) is 5.10 Å². The average molecular weight is 378 g/mol. The Morgan fingerprint density at radius 3 is 2.71 bits per heavy atom. The standard InChI is InChI=1S/C20H19FN6O/c21-15-8-14(9-16(28)10-15)18-17-19(22)24-12-25-20(17)27(26-18)7-6-23-11-13-4-2-1-3-5-13/h1-5,8-10,12,23,28H,6-7,11H2,(H2,22,24,25). The summed E-state index contributed by atoms with van der Waals surface area (Å²) in [6.07, 6.45) is 1.38. The molecule has 0 aliphatic carbocycles. The van der Waals surface area contributed by atoms with Gasteiger partial charge in [-0.25, -0.2) is 19.0 Å². The van der Waals surface area contributed by atoms with Crippen molar-refractivity contribution in [3.63, 3.8) is 0 Å². The summed E-state index contributed by atoms with van der Waals surface area (Å²) >= 11 is 0. The highest BCUT2D eigenvalue weighted by Crippen LogP contribution is 2.32. The Kier molecular flexibility index (Phi) is 4.86. The number of aromatic hydroxyl groups is 1. The summed E-state index contributed by atoms with van der Waals surface area (Å²) in [6, 6.07) is 13.9. The molecule has 0 fully saturated rings. The van der Waals surface area contributed by atoms with Crippen LogP contribution in [0.1, 0.15) is 5.56 Å². The molecule has 28 heavy (non-hydrogen) atoms. The van der Waals surface area contributed by atoms with Crippen LogP contribution < -0.4 is 11.1 Å². The molecule has 4 N–H and O–H groups in total. The van der Waals surface area contributed by atoms with Gasteiger partial charge in [-0.15, -0.1) is 0 Å². The molecule has 7 nitrogen and oxygen atoms in total. The first-order valence-corrected chi connectivity index (χ1v) is 8.83. The van der Waals surface area contributed by atoms with Crippen molar-refractivity contribution in [2.45, 2.75) is 13.1 Å². The minimum atomic E-state index is -0.558. The molecule has 0 bridgehead atoms. The number of nitrogen functional groups attached to an aromatic ring is 1. The fourth-order valence-corrected chi connectivity index (χ4v) is 3.11. The summed E-state index contributed by atoms with van der Waals surface area (Å²) in [5.41, 5.74) is 8.64. The summed E-state index contributed by atoms with van der Waals surface area (Å²) in [5.74, 6) is -0.484. The van der Waals surface area contributed by atoms with Crippen LogP contribution in [-0.2, 0) is 13.1 Å². The Morgan fingerprint density at radius 2 is 1.93 bits per heavy atom. The van der Waals surface area contributed by atoms with Crippen molar-refractivity contribution >= 4 is 16.9 Å². The molecule has 4 rings (SSSR count). The van der Waals surface area contributed by atoms with Gasteiger partial charge in [0.25, 0.3) is 0 Å². The third kappa shape index (κ3) is 3.63. The van der Waals surface area contributed by atoms with Crippen LogP contribution in [0.25, 0.3) is 22.3 Å². The highest BCUT2D eigenvalue weighted by Gasteiger charge is 2.18. The largest absolute Gasteiger partial charge is 0.508 e. The zero-order chi connectivity index (χ0) is 19.5. The van der Waals surface area contributed by atoms with Crippen LogP contribution in [0.2, 0.25) is 0 Å². The highest BCUT2D eigenvalue weighted by molar-refractivity contribution is 5.98. The van der Waals surface area contributed by atoms with Crippen LogP contribution >= 0.6 is 0 Å². The van der Waals surface area contributed by atoms with Crippen LogP contribution in [0.15, 0.2) is 54.9 Å². The SMILES string of the molecule is Nc1ncnc2c1c(-c1cc(O)cc(F)c1)nn2CCNCc1ccccc1. The maximum atomic E-state index is 13.8. The number of aromatic nitrogens is 4. The predicted molar refractivity (Wildman–Crippen MR) is 105 cm³/mol. The Morgan fingerprint density at radius 1 is 1.11 bits per heavy atom. The first kappa shape index (κ1) is 17.9. The normalized spacial score (nSPS) is 11.2. The van der Waals surface area contributed by atoms with Crippen molar-refractivity contribution in [2.75, 3.05) is 12.3 Å². The van der Waals surface area contributed by atoms with E-state index >= 15 is 0 Å². The second-order valence-electron chi connectivity index (χ2n) is 6.39. The van der Waals surface area contributed by atoms with E-state index in [0.29, 0.717) is 35.4 Å². The lowest BCUT2D eigenvalue weighted by molar-refractivity contribution is 0.469. The Hall–Kier alpha value is -3.52. The highest BCUT2D eigenvalue weighted by atomic mass is 19.1. The molecule has 4 aromatic rings. The van der Waals surface area contributed by atoms with E-state index in [1.807, 2.05) is 18.2 Å². The number of anilines is 1. The zero-order valence-corrected chi connectivity index (χ0v) is 15.0. The summed E-state index contributed by atoms with van der Waals surface area (Å²) in [7, 11) is 0. The van der Waals surface area contributed by atoms with Crippen molar-refractivity contribution in [1.29, 1.82) is 0 Å². The quantitative estimate of drug-likeness (QED) is 0.446. The second kappa shape index (κ2) is 7.61. The van der Waals surface area contributed by atoms with Crippen LogP contribution in [0.5, 0.6) is 5.75 Å². The Labute approximate surface area is 160 Å². The number of benzene rings is 2. The number of hydrogen-bond acceptors (Lipinski definition) is 6. The minimum Gasteiger partial charge on any atom is -0.508 e. The van der Waals surface area contributed by atoms with Gasteiger partial charge in [0.15, 0.2) is 5.65 Å². The molecule has 8 heteroatoms. The first-order chi connectivity index (χ1) is 13.6.